The third kappa shape index (κ3) is 4.78. The van der Waals surface area contributed by atoms with Gasteiger partial charge in [-0.1, -0.05) is 23.4 Å². The molecule has 0 spiro atoms. The first-order valence-electron chi connectivity index (χ1n) is 8.25. The van der Waals surface area contributed by atoms with Gasteiger partial charge in [0.05, 0.1) is 23.1 Å². The predicted octanol–water partition coefficient (Wildman–Crippen LogP) is 4.53. The molecule has 0 aromatic carbocycles. The Kier molecular flexibility index (Phi) is 6.91. The number of anilines is 1. The van der Waals surface area contributed by atoms with Crippen molar-refractivity contribution in [3.63, 3.8) is 0 Å². The van der Waals surface area contributed by atoms with Crippen LogP contribution in [-0.4, -0.2) is 28.3 Å². The second kappa shape index (κ2) is 9.59. The SMILES string of the molecule is [C-]#[N+]c1c(N)nc(SCc2ccc(Cl)s2)c(C#N)c1-c1ccc(OCCO)nc1. The van der Waals surface area contributed by atoms with Gasteiger partial charge in [0.2, 0.25) is 11.6 Å². The van der Waals surface area contributed by atoms with Crippen molar-refractivity contribution < 1.29 is 9.84 Å². The fourth-order valence-corrected chi connectivity index (χ4v) is 4.63. The molecule has 3 aromatic heterocycles. The first kappa shape index (κ1) is 20.9. The molecule has 0 fully saturated rings. The topological polar surface area (TPSA) is 109 Å². The molecule has 0 aliphatic carbocycles. The summed E-state index contributed by atoms with van der Waals surface area (Å²) in [6.07, 6.45) is 1.50. The van der Waals surface area contributed by atoms with E-state index in [9.17, 15) is 5.26 Å². The molecule has 146 valence electrons. The highest BCUT2D eigenvalue weighted by molar-refractivity contribution is 7.98. The van der Waals surface area contributed by atoms with Crippen LogP contribution < -0.4 is 10.5 Å². The van der Waals surface area contributed by atoms with Crippen LogP contribution in [0.15, 0.2) is 35.5 Å². The molecule has 3 aromatic rings. The van der Waals surface area contributed by atoms with E-state index in [0.29, 0.717) is 32.1 Å². The number of ether oxygens (including phenoxy) is 1. The van der Waals surface area contributed by atoms with E-state index in [0.717, 1.165) is 4.88 Å². The van der Waals surface area contributed by atoms with Crippen molar-refractivity contribution in [1.29, 1.82) is 5.26 Å². The fraction of sp³-hybridized carbons (Fsp3) is 0.158. The van der Waals surface area contributed by atoms with Crippen molar-refractivity contribution in [3.05, 3.63) is 56.7 Å². The van der Waals surface area contributed by atoms with E-state index in [1.54, 1.807) is 12.1 Å². The quantitative estimate of drug-likeness (QED) is 0.407. The fourth-order valence-electron chi connectivity index (χ4n) is 2.51. The lowest BCUT2D eigenvalue weighted by atomic mass is 10.0. The van der Waals surface area contributed by atoms with Crippen molar-refractivity contribution in [3.8, 4) is 23.1 Å². The Labute approximate surface area is 180 Å². The number of aliphatic hydroxyl groups excluding tert-OH is 1. The average molecular weight is 444 g/mol. The summed E-state index contributed by atoms with van der Waals surface area (Å²) < 4.78 is 5.95. The molecule has 0 radical (unpaired) electrons. The van der Waals surface area contributed by atoms with Gasteiger partial charge >= 0.3 is 0 Å². The largest absolute Gasteiger partial charge is 0.475 e. The number of thiophene rings is 1. The molecule has 0 amide bonds. The Balaban J connectivity index is 2.01. The highest BCUT2D eigenvalue weighted by Crippen LogP contribution is 2.42. The Morgan fingerprint density at radius 2 is 2.21 bits per heavy atom. The van der Waals surface area contributed by atoms with Gasteiger partial charge in [-0.25, -0.2) is 14.8 Å². The van der Waals surface area contributed by atoms with Crippen LogP contribution in [0, 0.1) is 17.9 Å². The molecule has 3 N–H and O–H groups in total. The van der Waals surface area contributed by atoms with Crippen LogP contribution in [0.2, 0.25) is 4.34 Å². The Morgan fingerprint density at radius 3 is 2.79 bits per heavy atom. The number of pyridine rings is 2. The molecule has 3 heterocycles. The summed E-state index contributed by atoms with van der Waals surface area (Å²) in [6.45, 7) is 7.49. The van der Waals surface area contributed by atoms with Gasteiger partial charge < -0.3 is 15.6 Å². The van der Waals surface area contributed by atoms with E-state index in [4.69, 9.17) is 33.8 Å². The van der Waals surface area contributed by atoms with E-state index in [1.807, 2.05) is 12.1 Å². The van der Waals surface area contributed by atoms with Crippen LogP contribution in [0.25, 0.3) is 16.0 Å². The van der Waals surface area contributed by atoms with E-state index in [-0.39, 0.29) is 30.3 Å². The molecule has 0 aliphatic heterocycles. The molecule has 3 rings (SSSR count). The van der Waals surface area contributed by atoms with Crippen LogP contribution >= 0.6 is 34.7 Å². The molecule has 10 heteroatoms. The highest BCUT2D eigenvalue weighted by atomic mass is 35.5. The van der Waals surface area contributed by atoms with Crippen molar-refractivity contribution in [1.82, 2.24) is 9.97 Å². The number of nitriles is 1. The van der Waals surface area contributed by atoms with E-state index in [1.165, 1.54) is 29.3 Å². The first-order valence-corrected chi connectivity index (χ1v) is 10.4. The number of halogens is 1. The standard InChI is InChI=1S/C19H14ClN5O2S2/c1-23-17-16(11-2-5-15(24-9-11)27-7-6-26)13(8-21)19(25-18(17)22)28-10-12-3-4-14(20)29-12/h2-5,9,26H,6-7,10H2,(H2,22,25). The third-order valence-electron chi connectivity index (χ3n) is 3.74. The smallest absolute Gasteiger partial charge is 0.237 e. The summed E-state index contributed by atoms with van der Waals surface area (Å²) in [5, 5.41) is 19.1. The number of nitrogens with two attached hydrogens (primary N) is 1. The zero-order valence-corrected chi connectivity index (χ0v) is 17.3. The number of thioether (sulfide) groups is 1. The summed E-state index contributed by atoms with van der Waals surface area (Å²) >= 11 is 8.78. The number of hydrogen-bond donors (Lipinski definition) is 2. The van der Waals surface area contributed by atoms with Gasteiger partial charge in [0, 0.05) is 28.5 Å². The molecule has 0 unspecified atom stereocenters. The van der Waals surface area contributed by atoms with Crippen molar-refractivity contribution >= 4 is 46.2 Å². The average Bonchev–Trinajstić information content (AvgIpc) is 3.15. The molecule has 0 atom stereocenters. The van der Waals surface area contributed by atoms with Gasteiger partial charge in [-0.15, -0.1) is 11.3 Å². The maximum absolute atomic E-state index is 9.81. The monoisotopic (exact) mass is 443 g/mol. The second-order valence-electron chi connectivity index (χ2n) is 5.58. The van der Waals surface area contributed by atoms with Crippen LogP contribution in [0.1, 0.15) is 10.4 Å². The zero-order valence-electron chi connectivity index (χ0n) is 14.9. The molecule has 0 saturated heterocycles. The maximum atomic E-state index is 9.81. The normalized spacial score (nSPS) is 10.3. The van der Waals surface area contributed by atoms with Crippen LogP contribution in [0.3, 0.4) is 0 Å². The number of nitrogen functional groups attached to an aromatic ring is 1. The summed E-state index contributed by atoms with van der Waals surface area (Å²) in [4.78, 5) is 13.0. The lowest BCUT2D eigenvalue weighted by molar-refractivity contribution is 0.196. The maximum Gasteiger partial charge on any atom is 0.237 e. The summed E-state index contributed by atoms with van der Waals surface area (Å²) in [7, 11) is 0. The molecule has 0 aliphatic rings. The lowest BCUT2D eigenvalue weighted by Crippen LogP contribution is -2.03. The van der Waals surface area contributed by atoms with Crippen LogP contribution in [0.5, 0.6) is 5.88 Å². The second-order valence-corrected chi connectivity index (χ2v) is 8.34. The Hall–Kier alpha value is -2.82. The van der Waals surface area contributed by atoms with Gasteiger partial charge in [-0.2, -0.15) is 5.26 Å². The van der Waals surface area contributed by atoms with Crippen LogP contribution in [0.4, 0.5) is 11.5 Å². The van der Waals surface area contributed by atoms with E-state index in [2.05, 4.69) is 20.9 Å². The molecule has 29 heavy (non-hydrogen) atoms. The first-order chi connectivity index (χ1) is 14.1. The Morgan fingerprint density at radius 1 is 1.38 bits per heavy atom. The van der Waals surface area contributed by atoms with E-state index < -0.39 is 0 Å². The third-order valence-corrected chi connectivity index (χ3v) is 6.17. The number of hydrogen-bond acceptors (Lipinski definition) is 8. The molecular formula is C19H14ClN5O2S2. The summed E-state index contributed by atoms with van der Waals surface area (Å²) in [6, 6.07) is 9.19. The minimum absolute atomic E-state index is 0.0568. The van der Waals surface area contributed by atoms with Gasteiger partial charge in [-0.3, -0.25) is 0 Å². The van der Waals surface area contributed by atoms with Gasteiger partial charge in [0.15, 0.2) is 0 Å². The van der Waals surface area contributed by atoms with Crippen molar-refractivity contribution in [2.75, 3.05) is 18.9 Å². The minimum atomic E-state index is -0.124. The number of rotatable bonds is 7. The Bertz CT molecular complexity index is 1100. The van der Waals surface area contributed by atoms with Gasteiger partial charge in [-0.05, 0) is 23.8 Å². The zero-order chi connectivity index (χ0) is 20.8. The molecule has 0 bridgehead atoms. The van der Waals surface area contributed by atoms with Crippen LogP contribution in [-0.2, 0) is 5.75 Å². The number of nitrogens with zero attached hydrogens (tertiary/aromatic N) is 4. The summed E-state index contributed by atoms with van der Waals surface area (Å²) in [5.74, 6) is 0.958. The van der Waals surface area contributed by atoms with E-state index >= 15 is 0 Å². The number of aliphatic hydroxyl groups is 1. The minimum Gasteiger partial charge on any atom is -0.475 e. The predicted molar refractivity (Wildman–Crippen MR) is 114 cm³/mol. The van der Waals surface area contributed by atoms with Gasteiger partial charge in [0.1, 0.15) is 23.5 Å². The number of aromatic nitrogens is 2. The molecular weight excluding hydrogens is 430 g/mol. The van der Waals surface area contributed by atoms with Gasteiger partial charge in [0.25, 0.3) is 0 Å². The molecule has 0 saturated carbocycles. The molecule has 7 nitrogen and oxygen atoms in total. The van der Waals surface area contributed by atoms with Crippen molar-refractivity contribution in [2.24, 2.45) is 0 Å². The summed E-state index contributed by atoms with van der Waals surface area (Å²) in [5.41, 5.74) is 7.34. The highest BCUT2D eigenvalue weighted by Gasteiger charge is 2.21. The van der Waals surface area contributed by atoms with Crippen molar-refractivity contribution in [2.45, 2.75) is 10.8 Å². The lowest BCUT2D eigenvalue weighted by Gasteiger charge is -2.13.